The summed E-state index contributed by atoms with van der Waals surface area (Å²) in [6.07, 6.45) is 0. The molecule has 0 amide bonds. The molecule has 0 bridgehead atoms. The van der Waals surface area contributed by atoms with Gasteiger partial charge in [0.2, 0.25) is 0 Å². The van der Waals surface area contributed by atoms with Gasteiger partial charge in [-0.15, -0.1) is 0 Å². The van der Waals surface area contributed by atoms with Gasteiger partial charge < -0.3 is 29.0 Å². The summed E-state index contributed by atoms with van der Waals surface area (Å²) >= 11 is 0. The zero-order valence-electron chi connectivity index (χ0n) is 11.9. The first-order valence-electron chi connectivity index (χ1n) is 7.01. The van der Waals surface area contributed by atoms with Gasteiger partial charge in [-0.3, -0.25) is 0 Å². The highest BCUT2D eigenvalue weighted by atomic mass is 16.6. The van der Waals surface area contributed by atoms with E-state index in [9.17, 15) is 0 Å². The van der Waals surface area contributed by atoms with E-state index in [2.05, 4.69) is 12.2 Å². The molecule has 0 aromatic heterocycles. The van der Waals surface area contributed by atoms with Crippen molar-refractivity contribution in [3.8, 4) is 0 Å². The topological polar surface area (TPSA) is 58.2 Å². The van der Waals surface area contributed by atoms with Crippen LogP contribution in [-0.2, 0) is 23.7 Å². The number of ether oxygens (including phenoxy) is 5. The maximum absolute atomic E-state index is 5.50. The maximum atomic E-state index is 5.50. The quantitative estimate of drug-likeness (QED) is 0.676. The van der Waals surface area contributed by atoms with Crippen LogP contribution in [-0.4, -0.2) is 78.7 Å². The lowest BCUT2D eigenvalue weighted by molar-refractivity contribution is -0.0146. The largest absolute Gasteiger partial charge is 0.378 e. The zero-order valence-corrected chi connectivity index (χ0v) is 11.9. The molecule has 1 fully saturated rings. The second kappa shape index (κ2) is 12.8. The molecular weight excluding hydrogens is 250 g/mol. The molecule has 1 aliphatic heterocycles. The fourth-order valence-electron chi connectivity index (χ4n) is 1.58. The van der Waals surface area contributed by atoms with E-state index in [1.807, 2.05) is 0 Å². The third kappa shape index (κ3) is 11.3. The monoisotopic (exact) mass is 277 g/mol. The third-order valence-electron chi connectivity index (χ3n) is 2.60. The molecular formula is C13H27NO5. The molecule has 0 radical (unpaired) electrons. The Bertz CT molecular complexity index is 176. The summed E-state index contributed by atoms with van der Waals surface area (Å²) in [5.74, 6) is 0. The number of rotatable bonds is 0. The molecule has 19 heavy (non-hydrogen) atoms. The number of nitrogens with one attached hydrogen (secondary N) is 1. The summed E-state index contributed by atoms with van der Waals surface area (Å²) in [7, 11) is 0. The molecule has 0 aromatic rings. The number of hydrogen-bond acceptors (Lipinski definition) is 6. The van der Waals surface area contributed by atoms with Crippen LogP contribution in [0.1, 0.15) is 6.92 Å². The highest BCUT2D eigenvalue weighted by Gasteiger charge is 2.01. The van der Waals surface area contributed by atoms with Gasteiger partial charge in [0.25, 0.3) is 0 Å². The van der Waals surface area contributed by atoms with Crippen molar-refractivity contribution >= 4 is 0 Å². The standard InChI is InChI=1S/C13H27NO5/c1-13-12-19-11-10-18-9-8-17-7-6-16-5-4-15-3-2-14-13/h13-14H,2-12H2,1H3. The van der Waals surface area contributed by atoms with Crippen LogP contribution in [0.2, 0.25) is 0 Å². The van der Waals surface area contributed by atoms with Crippen molar-refractivity contribution in [2.45, 2.75) is 13.0 Å². The van der Waals surface area contributed by atoms with E-state index in [1.165, 1.54) is 0 Å². The van der Waals surface area contributed by atoms with Crippen molar-refractivity contribution < 1.29 is 23.7 Å². The van der Waals surface area contributed by atoms with Crippen LogP contribution in [0.3, 0.4) is 0 Å². The lowest BCUT2D eigenvalue weighted by Gasteiger charge is -2.15. The van der Waals surface area contributed by atoms with Crippen LogP contribution in [0.4, 0.5) is 0 Å². The number of hydrogen-bond donors (Lipinski definition) is 1. The minimum absolute atomic E-state index is 0.321. The molecule has 1 aliphatic rings. The maximum Gasteiger partial charge on any atom is 0.0701 e. The molecule has 6 nitrogen and oxygen atoms in total. The van der Waals surface area contributed by atoms with Gasteiger partial charge in [0.05, 0.1) is 66.1 Å². The first-order chi connectivity index (χ1) is 9.39. The predicted molar refractivity (Wildman–Crippen MR) is 71.6 cm³/mol. The molecule has 1 heterocycles. The van der Waals surface area contributed by atoms with Gasteiger partial charge in [-0.25, -0.2) is 0 Å². The second-order valence-electron chi connectivity index (χ2n) is 4.38. The van der Waals surface area contributed by atoms with Crippen molar-refractivity contribution in [3.05, 3.63) is 0 Å². The summed E-state index contributed by atoms with van der Waals surface area (Å²) in [5, 5.41) is 3.34. The molecule has 1 rings (SSSR count). The molecule has 0 aliphatic carbocycles. The molecule has 1 saturated heterocycles. The van der Waals surface area contributed by atoms with E-state index in [-0.39, 0.29) is 0 Å². The molecule has 1 atom stereocenters. The van der Waals surface area contributed by atoms with Crippen molar-refractivity contribution in [2.24, 2.45) is 0 Å². The van der Waals surface area contributed by atoms with E-state index in [4.69, 9.17) is 23.7 Å². The van der Waals surface area contributed by atoms with Gasteiger partial charge in [0, 0.05) is 12.6 Å². The van der Waals surface area contributed by atoms with Gasteiger partial charge in [-0.05, 0) is 6.92 Å². The summed E-state index contributed by atoms with van der Waals surface area (Å²) in [4.78, 5) is 0. The van der Waals surface area contributed by atoms with E-state index < -0.39 is 0 Å². The molecule has 6 heteroatoms. The van der Waals surface area contributed by atoms with Gasteiger partial charge in [0.15, 0.2) is 0 Å². The minimum atomic E-state index is 0.321. The summed E-state index contributed by atoms with van der Waals surface area (Å²) < 4.78 is 27.0. The molecule has 114 valence electrons. The van der Waals surface area contributed by atoms with Crippen LogP contribution >= 0.6 is 0 Å². The van der Waals surface area contributed by atoms with Crippen LogP contribution in [0.25, 0.3) is 0 Å². The predicted octanol–water partition coefficient (Wildman–Crippen LogP) is 0.0611. The van der Waals surface area contributed by atoms with Crippen molar-refractivity contribution in [1.29, 1.82) is 0 Å². The van der Waals surface area contributed by atoms with Crippen LogP contribution in [0.15, 0.2) is 0 Å². The SMILES string of the molecule is CC1COCCOCCOCCOCCOCCN1. The fourth-order valence-corrected chi connectivity index (χ4v) is 1.58. The Labute approximate surface area is 115 Å². The average molecular weight is 277 g/mol. The van der Waals surface area contributed by atoms with Crippen molar-refractivity contribution in [1.82, 2.24) is 5.32 Å². The lowest BCUT2D eigenvalue weighted by atomic mass is 10.3. The molecule has 1 unspecified atom stereocenters. The van der Waals surface area contributed by atoms with Gasteiger partial charge in [-0.1, -0.05) is 0 Å². The highest BCUT2D eigenvalue weighted by Crippen LogP contribution is 1.87. The van der Waals surface area contributed by atoms with E-state index in [1.54, 1.807) is 0 Å². The van der Waals surface area contributed by atoms with Crippen molar-refractivity contribution in [2.75, 3.05) is 72.6 Å². The Morgan fingerprint density at radius 1 is 0.632 bits per heavy atom. The average Bonchev–Trinajstić information content (AvgIpc) is 2.41. The zero-order chi connectivity index (χ0) is 13.6. The minimum Gasteiger partial charge on any atom is -0.378 e. The highest BCUT2D eigenvalue weighted by molar-refractivity contribution is 4.58. The Hall–Kier alpha value is -0.240. The molecule has 0 spiro atoms. The van der Waals surface area contributed by atoms with Gasteiger partial charge in [0.1, 0.15) is 0 Å². The smallest absolute Gasteiger partial charge is 0.0701 e. The Kier molecular flexibility index (Phi) is 11.3. The lowest BCUT2D eigenvalue weighted by Crippen LogP contribution is -2.33. The first-order valence-corrected chi connectivity index (χ1v) is 7.01. The Morgan fingerprint density at radius 3 is 1.58 bits per heavy atom. The van der Waals surface area contributed by atoms with E-state index >= 15 is 0 Å². The first kappa shape index (κ1) is 16.8. The summed E-state index contributed by atoms with van der Waals surface area (Å²) in [5.41, 5.74) is 0. The van der Waals surface area contributed by atoms with Gasteiger partial charge in [-0.2, -0.15) is 0 Å². The van der Waals surface area contributed by atoms with Crippen molar-refractivity contribution in [3.63, 3.8) is 0 Å². The molecule has 1 N–H and O–H groups in total. The van der Waals surface area contributed by atoms with Crippen LogP contribution in [0.5, 0.6) is 0 Å². The van der Waals surface area contributed by atoms with Gasteiger partial charge >= 0.3 is 0 Å². The Morgan fingerprint density at radius 2 is 1.05 bits per heavy atom. The molecule has 0 saturated carbocycles. The summed E-state index contributed by atoms with van der Waals surface area (Å²) in [6, 6.07) is 0.321. The van der Waals surface area contributed by atoms with Crippen LogP contribution < -0.4 is 5.32 Å². The van der Waals surface area contributed by atoms with E-state index in [0.29, 0.717) is 72.1 Å². The second-order valence-corrected chi connectivity index (χ2v) is 4.38. The van der Waals surface area contributed by atoms with E-state index in [0.717, 1.165) is 6.54 Å². The summed E-state index contributed by atoms with van der Waals surface area (Å²) in [6.45, 7) is 9.13. The molecule has 0 aromatic carbocycles. The fraction of sp³-hybridized carbons (Fsp3) is 1.00. The normalized spacial score (nSPS) is 27.3. The third-order valence-corrected chi connectivity index (χ3v) is 2.60. The van der Waals surface area contributed by atoms with Crippen LogP contribution in [0, 0.1) is 0 Å². The Balaban J connectivity index is 2.08.